The van der Waals surface area contributed by atoms with E-state index in [1.54, 1.807) is 6.07 Å². The minimum atomic E-state index is 0.170. The smallest absolute Gasteiger partial charge is 0.134 e. The minimum Gasteiger partial charge on any atom is -0.506 e. The van der Waals surface area contributed by atoms with E-state index in [0.29, 0.717) is 5.02 Å². The molecule has 1 saturated carbocycles. The lowest BCUT2D eigenvalue weighted by atomic mass is 9.86. The van der Waals surface area contributed by atoms with Crippen LogP contribution in [0, 0.1) is 5.92 Å². The van der Waals surface area contributed by atoms with Crippen molar-refractivity contribution in [3.8, 4) is 5.75 Å². The van der Waals surface area contributed by atoms with E-state index < -0.39 is 0 Å². The van der Waals surface area contributed by atoms with Gasteiger partial charge in [-0.2, -0.15) is 0 Å². The Morgan fingerprint density at radius 3 is 2.42 bits per heavy atom. The van der Waals surface area contributed by atoms with Crippen molar-refractivity contribution in [2.75, 3.05) is 32.7 Å². The summed E-state index contributed by atoms with van der Waals surface area (Å²) in [7, 11) is 0. The first-order valence-electron chi connectivity index (χ1n) is 9.63. The molecule has 134 valence electrons. The van der Waals surface area contributed by atoms with Crippen LogP contribution in [-0.4, -0.2) is 47.6 Å². The van der Waals surface area contributed by atoms with Gasteiger partial charge in [0.05, 0.1) is 5.02 Å². The predicted octanol–water partition coefficient (Wildman–Crippen LogP) is 4.52. The van der Waals surface area contributed by atoms with E-state index >= 15 is 0 Å². The van der Waals surface area contributed by atoms with Crippen LogP contribution in [0.15, 0.2) is 18.2 Å². The fraction of sp³-hybridized carbons (Fsp3) is 0.700. The van der Waals surface area contributed by atoms with Gasteiger partial charge in [0.2, 0.25) is 0 Å². The summed E-state index contributed by atoms with van der Waals surface area (Å²) in [6.45, 7) is 6.81. The number of aromatic hydroxyl groups is 1. The van der Waals surface area contributed by atoms with E-state index in [2.05, 4.69) is 9.80 Å². The van der Waals surface area contributed by atoms with E-state index in [9.17, 15) is 5.11 Å². The maximum Gasteiger partial charge on any atom is 0.134 e. The maximum atomic E-state index is 9.51. The molecular weight excluding hydrogens is 320 g/mol. The second kappa shape index (κ2) is 9.07. The van der Waals surface area contributed by atoms with Crippen LogP contribution in [0.25, 0.3) is 0 Å². The van der Waals surface area contributed by atoms with E-state index in [1.807, 2.05) is 12.1 Å². The zero-order chi connectivity index (χ0) is 16.8. The molecular formula is C20H31ClN2O. The fourth-order valence-corrected chi connectivity index (χ4v) is 4.36. The van der Waals surface area contributed by atoms with Gasteiger partial charge in [-0.15, -0.1) is 0 Å². The highest BCUT2D eigenvalue weighted by Gasteiger charge is 2.18. The quantitative estimate of drug-likeness (QED) is 0.816. The Morgan fingerprint density at radius 1 is 1.00 bits per heavy atom. The minimum absolute atomic E-state index is 0.170. The van der Waals surface area contributed by atoms with Gasteiger partial charge in [-0.3, -0.25) is 4.90 Å². The van der Waals surface area contributed by atoms with E-state index in [1.165, 1.54) is 70.1 Å². The van der Waals surface area contributed by atoms with Crippen molar-refractivity contribution in [2.45, 2.75) is 51.5 Å². The third-order valence-corrected chi connectivity index (χ3v) is 6.00. The molecule has 1 saturated heterocycles. The van der Waals surface area contributed by atoms with Crippen LogP contribution in [0.1, 0.15) is 50.5 Å². The van der Waals surface area contributed by atoms with Crippen LogP contribution < -0.4 is 0 Å². The number of piperazine rings is 1. The summed E-state index contributed by atoms with van der Waals surface area (Å²) in [5, 5.41) is 9.96. The second-order valence-electron chi connectivity index (χ2n) is 7.55. The van der Waals surface area contributed by atoms with Crippen molar-refractivity contribution >= 4 is 11.6 Å². The first-order valence-corrected chi connectivity index (χ1v) is 10.0. The molecule has 1 aromatic carbocycles. The normalized spacial score (nSPS) is 21.2. The zero-order valence-corrected chi connectivity index (χ0v) is 15.5. The van der Waals surface area contributed by atoms with Crippen molar-refractivity contribution in [3.63, 3.8) is 0 Å². The lowest BCUT2D eigenvalue weighted by Crippen LogP contribution is -2.46. The van der Waals surface area contributed by atoms with Crippen LogP contribution in [0.3, 0.4) is 0 Å². The molecule has 3 rings (SSSR count). The van der Waals surface area contributed by atoms with Gasteiger partial charge in [0.25, 0.3) is 0 Å². The highest BCUT2D eigenvalue weighted by Crippen LogP contribution is 2.27. The van der Waals surface area contributed by atoms with Crippen LogP contribution in [0.2, 0.25) is 5.02 Å². The summed E-state index contributed by atoms with van der Waals surface area (Å²) in [4.78, 5) is 5.11. The first kappa shape index (κ1) is 18.0. The number of phenolic OH excluding ortho intramolecular Hbond substituents is 1. The zero-order valence-electron chi connectivity index (χ0n) is 14.7. The third-order valence-electron chi connectivity index (χ3n) is 5.69. The van der Waals surface area contributed by atoms with Gasteiger partial charge in [-0.1, -0.05) is 49.8 Å². The summed E-state index contributed by atoms with van der Waals surface area (Å²) in [5.41, 5.74) is 1.18. The summed E-state index contributed by atoms with van der Waals surface area (Å²) in [5.74, 6) is 1.18. The molecule has 0 aromatic heterocycles. The van der Waals surface area contributed by atoms with Gasteiger partial charge in [0.1, 0.15) is 5.75 Å². The Balaban J connectivity index is 1.34. The Kier molecular flexibility index (Phi) is 6.82. The van der Waals surface area contributed by atoms with Crippen LogP contribution in [0.5, 0.6) is 5.75 Å². The number of halogens is 1. The molecule has 0 amide bonds. The Morgan fingerprint density at radius 2 is 1.71 bits per heavy atom. The monoisotopic (exact) mass is 350 g/mol. The van der Waals surface area contributed by atoms with Crippen molar-refractivity contribution in [1.29, 1.82) is 0 Å². The molecule has 0 unspecified atom stereocenters. The molecule has 2 fully saturated rings. The predicted molar refractivity (Wildman–Crippen MR) is 101 cm³/mol. The van der Waals surface area contributed by atoms with Crippen LogP contribution >= 0.6 is 11.6 Å². The van der Waals surface area contributed by atoms with Gasteiger partial charge in [-0.25, -0.2) is 0 Å². The van der Waals surface area contributed by atoms with Gasteiger partial charge < -0.3 is 10.0 Å². The molecule has 1 N–H and O–H groups in total. The molecule has 4 heteroatoms. The molecule has 0 spiro atoms. The lowest BCUT2D eigenvalue weighted by Gasteiger charge is -2.35. The highest BCUT2D eigenvalue weighted by molar-refractivity contribution is 6.32. The standard InChI is InChI=1S/C20H31ClN2O/c21-19-15-18(8-9-20(19)24)16-23-13-11-22(12-14-23)10-4-7-17-5-2-1-3-6-17/h8-9,15,17,24H,1-7,10-14,16H2. The summed E-state index contributed by atoms with van der Waals surface area (Å²) in [6.07, 6.45) is 10.1. The van der Waals surface area contributed by atoms with E-state index in [-0.39, 0.29) is 5.75 Å². The van der Waals surface area contributed by atoms with Gasteiger partial charge in [0.15, 0.2) is 0 Å². The topological polar surface area (TPSA) is 26.7 Å². The molecule has 0 radical (unpaired) electrons. The number of benzene rings is 1. The molecule has 1 aliphatic carbocycles. The average Bonchev–Trinajstić information content (AvgIpc) is 2.61. The van der Waals surface area contributed by atoms with Crippen molar-refractivity contribution in [2.24, 2.45) is 5.92 Å². The molecule has 0 atom stereocenters. The third kappa shape index (κ3) is 5.37. The Labute approximate surface area is 151 Å². The first-order chi connectivity index (χ1) is 11.7. The molecule has 1 aromatic rings. The number of hydrogen-bond donors (Lipinski definition) is 1. The van der Waals surface area contributed by atoms with Crippen molar-refractivity contribution < 1.29 is 5.11 Å². The molecule has 24 heavy (non-hydrogen) atoms. The van der Waals surface area contributed by atoms with Crippen LogP contribution in [-0.2, 0) is 6.54 Å². The lowest BCUT2D eigenvalue weighted by molar-refractivity contribution is 0.123. The molecule has 0 bridgehead atoms. The molecule has 3 nitrogen and oxygen atoms in total. The van der Waals surface area contributed by atoms with Gasteiger partial charge >= 0.3 is 0 Å². The van der Waals surface area contributed by atoms with Crippen molar-refractivity contribution in [3.05, 3.63) is 28.8 Å². The van der Waals surface area contributed by atoms with Crippen LogP contribution in [0.4, 0.5) is 0 Å². The van der Waals surface area contributed by atoms with E-state index in [4.69, 9.17) is 11.6 Å². The Bertz CT molecular complexity index is 508. The SMILES string of the molecule is Oc1ccc(CN2CCN(CCCC3CCCCC3)CC2)cc1Cl. The molecule has 2 aliphatic rings. The Hall–Kier alpha value is -0.770. The van der Waals surface area contributed by atoms with Gasteiger partial charge in [-0.05, 0) is 43.0 Å². The summed E-state index contributed by atoms with van der Waals surface area (Å²) < 4.78 is 0. The molecule has 1 heterocycles. The highest BCUT2D eigenvalue weighted by atomic mass is 35.5. The largest absolute Gasteiger partial charge is 0.506 e. The van der Waals surface area contributed by atoms with E-state index in [0.717, 1.165) is 25.6 Å². The fourth-order valence-electron chi connectivity index (χ4n) is 4.16. The number of hydrogen-bond acceptors (Lipinski definition) is 3. The number of rotatable bonds is 6. The summed E-state index contributed by atoms with van der Waals surface area (Å²) in [6, 6.07) is 5.55. The summed E-state index contributed by atoms with van der Waals surface area (Å²) >= 11 is 6.00. The maximum absolute atomic E-state index is 9.51. The second-order valence-corrected chi connectivity index (χ2v) is 7.96. The van der Waals surface area contributed by atoms with Crippen molar-refractivity contribution in [1.82, 2.24) is 9.80 Å². The average molecular weight is 351 g/mol. The molecule has 1 aliphatic heterocycles. The van der Waals surface area contributed by atoms with Gasteiger partial charge in [0, 0.05) is 32.7 Å². The number of phenols is 1. The number of nitrogens with zero attached hydrogens (tertiary/aromatic N) is 2.